The molecule has 0 aromatic heterocycles. The molecule has 0 aliphatic rings. The molecule has 0 aromatic rings. The molecule has 0 aliphatic heterocycles. The molecule has 0 saturated heterocycles. The molecule has 0 atom stereocenters. The SMILES string of the molecule is CCCCN(CCO)CCCC(C)(C)C#N. The molecule has 1 N–H and O–H groups in total. The summed E-state index contributed by atoms with van der Waals surface area (Å²) in [6.07, 6.45) is 4.33. The Hall–Kier alpha value is -0.590. The van der Waals surface area contributed by atoms with Gasteiger partial charge in [-0.1, -0.05) is 13.3 Å². The minimum atomic E-state index is -0.213. The van der Waals surface area contributed by atoms with Gasteiger partial charge in [-0.15, -0.1) is 0 Å². The number of nitrogens with zero attached hydrogens (tertiary/aromatic N) is 2. The molecular weight excluding hydrogens is 200 g/mol. The molecule has 3 nitrogen and oxygen atoms in total. The monoisotopic (exact) mass is 226 g/mol. The summed E-state index contributed by atoms with van der Waals surface area (Å²) in [4.78, 5) is 2.29. The van der Waals surface area contributed by atoms with Gasteiger partial charge in [-0.2, -0.15) is 5.26 Å². The summed E-state index contributed by atoms with van der Waals surface area (Å²) in [7, 11) is 0. The molecule has 94 valence electrons. The Balaban J connectivity index is 3.80. The molecule has 0 radical (unpaired) electrons. The summed E-state index contributed by atoms with van der Waals surface area (Å²) in [5, 5.41) is 17.8. The molecule has 0 aliphatic carbocycles. The summed E-state index contributed by atoms with van der Waals surface area (Å²) in [6.45, 7) is 9.18. The van der Waals surface area contributed by atoms with Crippen LogP contribution < -0.4 is 0 Å². The van der Waals surface area contributed by atoms with Crippen LogP contribution in [0.5, 0.6) is 0 Å². The van der Waals surface area contributed by atoms with Gasteiger partial charge in [0.1, 0.15) is 0 Å². The normalized spacial score (nSPS) is 11.8. The van der Waals surface area contributed by atoms with E-state index in [-0.39, 0.29) is 12.0 Å². The van der Waals surface area contributed by atoms with Crippen LogP contribution in [-0.4, -0.2) is 36.2 Å². The quantitative estimate of drug-likeness (QED) is 0.657. The maximum Gasteiger partial charge on any atom is 0.0683 e. The molecule has 0 heterocycles. The van der Waals surface area contributed by atoms with Crippen molar-refractivity contribution in [3.05, 3.63) is 0 Å². The molecule has 16 heavy (non-hydrogen) atoms. The van der Waals surface area contributed by atoms with E-state index >= 15 is 0 Å². The van der Waals surface area contributed by atoms with Crippen LogP contribution in [0.2, 0.25) is 0 Å². The first-order chi connectivity index (χ1) is 7.55. The average molecular weight is 226 g/mol. The Morgan fingerprint density at radius 3 is 2.31 bits per heavy atom. The molecule has 0 amide bonds. The van der Waals surface area contributed by atoms with Gasteiger partial charge in [-0.05, 0) is 46.2 Å². The highest BCUT2D eigenvalue weighted by atomic mass is 16.3. The predicted octanol–water partition coefficient (Wildman–Crippen LogP) is 2.41. The van der Waals surface area contributed by atoms with Crippen molar-refractivity contribution in [2.75, 3.05) is 26.2 Å². The minimum absolute atomic E-state index is 0.213. The largest absolute Gasteiger partial charge is 0.395 e. The van der Waals surface area contributed by atoms with Gasteiger partial charge in [0.05, 0.1) is 18.1 Å². The van der Waals surface area contributed by atoms with Crippen molar-refractivity contribution in [1.29, 1.82) is 5.26 Å². The van der Waals surface area contributed by atoms with Gasteiger partial charge in [0.2, 0.25) is 0 Å². The van der Waals surface area contributed by atoms with Gasteiger partial charge < -0.3 is 10.0 Å². The number of hydrogen-bond donors (Lipinski definition) is 1. The van der Waals surface area contributed by atoms with E-state index in [9.17, 15) is 0 Å². The first-order valence-electron chi connectivity index (χ1n) is 6.30. The third-order valence-electron chi connectivity index (χ3n) is 2.82. The van der Waals surface area contributed by atoms with E-state index in [4.69, 9.17) is 10.4 Å². The van der Waals surface area contributed by atoms with Crippen LogP contribution in [-0.2, 0) is 0 Å². The Morgan fingerprint density at radius 2 is 1.81 bits per heavy atom. The Bertz CT molecular complexity index is 208. The average Bonchev–Trinajstić information content (AvgIpc) is 2.25. The van der Waals surface area contributed by atoms with Crippen LogP contribution in [0.4, 0.5) is 0 Å². The lowest BCUT2D eigenvalue weighted by Crippen LogP contribution is -2.29. The van der Waals surface area contributed by atoms with Crippen molar-refractivity contribution in [3.8, 4) is 6.07 Å². The van der Waals surface area contributed by atoms with Crippen molar-refractivity contribution in [2.45, 2.75) is 46.5 Å². The van der Waals surface area contributed by atoms with E-state index in [1.807, 2.05) is 13.8 Å². The van der Waals surface area contributed by atoms with Gasteiger partial charge in [0, 0.05) is 6.54 Å². The van der Waals surface area contributed by atoms with Gasteiger partial charge in [0.15, 0.2) is 0 Å². The topological polar surface area (TPSA) is 47.3 Å². The third kappa shape index (κ3) is 7.67. The smallest absolute Gasteiger partial charge is 0.0683 e. The second-order valence-corrected chi connectivity index (χ2v) is 5.02. The van der Waals surface area contributed by atoms with Gasteiger partial charge >= 0.3 is 0 Å². The summed E-state index contributed by atoms with van der Waals surface area (Å²) in [5.41, 5.74) is -0.213. The fourth-order valence-electron chi connectivity index (χ4n) is 1.66. The van der Waals surface area contributed by atoms with E-state index in [1.54, 1.807) is 0 Å². The molecule has 0 saturated carbocycles. The Morgan fingerprint density at radius 1 is 1.19 bits per heavy atom. The number of rotatable bonds is 9. The Labute approximate surface area is 100 Å². The van der Waals surface area contributed by atoms with Crippen molar-refractivity contribution in [3.63, 3.8) is 0 Å². The molecule has 0 fully saturated rings. The second-order valence-electron chi connectivity index (χ2n) is 5.02. The zero-order chi connectivity index (χ0) is 12.4. The molecule has 0 unspecified atom stereocenters. The number of nitriles is 1. The number of unbranched alkanes of at least 4 members (excludes halogenated alkanes) is 1. The van der Waals surface area contributed by atoms with Crippen LogP contribution >= 0.6 is 0 Å². The van der Waals surface area contributed by atoms with E-state index in [0.717, 1.165) is 32.5 Å². The fraction of sp³-hybridized carbons (Fsp3) is 0.923. The van der Waals surface area contributed by atoms with Crippen molar-refractivity contribution in [2.24, 2.45) is 5.41 Å². The third-order valence-corrected chi connectivity index (χ3v) is 2.82. The lowest BCUT2D eigenvalue weighted by molar-refractivity contribution is 0.187. The highest BCUT2D eigenvalue weighted by Gasteiger charge is 2.16. The van der Waals surface area contributed by atoms with Crippen LogP contribution in [0.3, 0.4) is 0 Å². The molecule has 0 spiro atoms. The lowest BCUT2D eigenvalue weighted by Gasteiger charge is -2.22. The highest BCUT2D eigenvalue weighted by Crippen LogP contribution is 2.20. The van der Waals surface area contributed by atoms with E-state index in [0.29, 0.717) is 0 Å². The van der Waals surface area contributed by atoms with Gasteiger partial charge in [-0.25, -0.2) is 0 Å². The molecule has 0 bridgehead atoms. The predicted molar refractivity (Wildman–Crippen MR) is 67.1 cm³/mol. The maximum atomic E-state index is 8.95. The number of aliphatic hydroxyl groups excluding tert-OH is 1. The van der Waals surface area contributed by atoms with Crippen LogP contribution in [0, 0.1) is 16.7 Å². The first-order valence-corrected chi connectivity index (χ1v) is 6.30. The summed E-state index contributed by atoms with van der Waals surface area (Å²) < 4.78 is 0. The van der Waals surface area contributed by atoms with Gasteiger partial charge in [0.25, 0.3) is 0 Å². The zero-order valence-electron chi connectivity index (χ0n) is 11.0. The maximum absolute atomic E-state index is 8.95. The minimum Gasteiger partial charge on any atom is -0.395 e. The second kappa shape index (κ2) is 8.55. The molecule has 0 aromatic carbocycles. The van der Waals surface area contributed by atoms with Crippen LogP contribution in [0.15, 0.2) is 0 Å². The highest BCUT2D eigenvalue weighted by molar-refractivity contribution is 4.91. The van der Waals surface area contributed by atoms with Crippen LogP contribution in [0.25, 0.3) is 0 Å². The molecular formula is C13H26N2O. The van der Waals surface area contributed by atoms with E-state index in [2.05, 4.69) is 17.9 Å². The Kier molecular flexibility index (Phi) is 8.23. The van der Waals surface area contributed by atoms with Crippen molar-refractivity contribution < 1.29 is 5.11 Å². The lowest BCUT2D eigenvalue weighted by atomic mass is 9.90. The fourth-order valence-corrected chi connectivity index (χ4v) is 1.66. The summed E-state index contributed by atoms with van der Waals surface area (Å²) in [6, 6.07) is 2.32. The van der Waals surface area contributed by atoms with Crippen molar-refractivity contribution >= 4 is 0 Å². The number of aliphatic hydroxyl groups is 1. The summed E-state index contributed by atoms with van der Waals surface area (Å²) >= 11 is 0. The number of hydrogen-bond acceptors (Lipinski definition) is 3. The van der Waals surface area contributed by atoms with Crippen LogP contribution in [0.1, 0.15) is 46.5 Å². The van der Waals surface area contributed by atoms with E-state index in [1.165, 1.54) is 12.8 Å². The summed E-state index contributed by atoms with van der Waals surface area (Å²) in [5.74, 6) is 0. The molecule has 3 heteroatoms. The first kappa shape index (κ1) is 15.4. The standard InChI is InChI=1S/C13H26N2O/c1-4-5-8-15(10-11-16)9-6-7-13(2,3)12-14/h16H,4-11H2,1-3H3. The van der Waals surface area contributed by atoms with E-state index < -0.39 is 0 Å². The molecule has 0 rings (SSSR count). The zero-order valence-corrected chi connectivity index (χ0v) is 11.0. The van der Waals surface area contributed by atoms with Gasteiger partial charge in [-0.3, -0.25) is 0 Å². The van der Waals surface area contributed by atoms with Crippen molar-refractivity contribution in [1.82, 2.24) is 4.90 Å².